The van der Waals surface area contributed by atoms with Gasteiger partial charge in [-0.2, -0.15) is 4.80 Å². The molecule has 10 heteroatoms. The Hall–Kier alpha value is -2.49. The number of aromatic nitrogens is 4. The van der Waals surface area contributed by atoms with Crippen LogP contribution in [0.1, 0.15) is 19.3 Å². The van der Waals surface area contributed by atoms with E-state index in [9.17, 15) is 13.2 Å². The van der Waals surface area contributed by atoms with Crippen molar-refractivity contribution in [1.82, 2.24) is 25.1 Å². The Labute approximate surface area is 151 Å². The fourth-order valence-corrected chi connectivity index (χ4v) is 4.49. The fourth-order valence-electron chi connectivity index (χ4n) is 3.06. The van der Waals surface area contributed by atoms with Crippen molar-refractivity contribution in [1.29, 1.82) is 0 Å². The number of rotatable bonds is 5. The van der Waals surface area contributed by atoms with E-state index in [1.165, 1.54) is 9.70 Å². The van der Waals surface area contributed by atoms with Crippen molar-refractivity contribution in [2.45, 2.75) is 24.2 Å². The SMILES string of the molecule is Cn1nnc(-c2ccc(S(=O)(=O)CCC3CCN(C(=O)O)CC3)cc2)n1. The molecule has 1 amide bonds. The molecule has 0 saturated carbocycles. The van der Waals surface area contributed by atoms with Gasteiger partial charge in [0.15, 0.2) is 9.84 Å². The minimum atomic E-state index is -3.37. The van der Waals surface area contributed by atoms with Gasteiger partial charge in [-0.15, -0.1) is 10.2 Å². The number of sulfone groups is 1. The van der Waals surface area contributed by atoms with Crippen molar-refractivity contribution < 1.29 is 18.3 Å². The number of piperidine rings is 1. The molecule has 0 aliphatic carbocycles. The number of carboxylic acid groups (broad SMARTS) is 1. The van der Waals surface area contributed by atoms with E-state index in [0.717, 1.165) is 0 Å². The summed E-state index contributed by atoms with van der Waals surface area (Å²) in [5.41, 5.74) is 0.707. The van der Waals surface area contributed by atoms with E-state index in [-0.39, 0.29) is 16.6 Å². The topological polar surface area (TPSA) is 118 Å². The first-order valence-electron chi connectivity index (χ1n) is 8.40. The summed E-state index contributed by atoms with van der Waals surface area (Å²) >= 11 is 0. The number of nitrogens with zero attached hydrogens (tertiary/aromatic N) is 5. The van der Waals surface area contributed by atoms with Crippen molar-refractivity contribution in [3.63, 3.8) is 0 Å². The van der Waals surface area contributed by atoms with Gasteiger partial charge in [-0.3, -0.25) is 0 Å². The Bertz CT molecular complexity index is 870. The molecule has 0 radical (unpaired) electrons. The zero-order chi connectivity index (χ0) is 18.7. The van der Waals surface area contributed by atoms with Crippen LogP contribution in [-0.4, -0.2) is 63.6 Å². The monoisotopic (exact) mass is 379 g/mol. The molecule has 0 unspecified atom stereocenters. The first-order chi connectivity index (χ1) is 12.3. The maximum Gasteiger partial charge on any atom is 0.407 e. The number of aryl methyl sites for hydroxylation is 1. The summed E-state index contributed by atoms with van der Waals surface area (Å²) in [6, 6.07) is 6.48. The van der Waals surface area contributed by atoms with E-state index < -0.39 is 15.9 Å². The minimum absolute atomic E-state index is 0.0630. The van der Waals surface area contributed by atoms with E-state index in [2.05, 4.69) is 15.4 Å². The lowest BCUT2D eigenvalue weighted by Crippen LogP contribution is -2.37. The van der Waals surface area contributed by atoms with E-state index in [1.54, 1.807) is 31.3 Å². The third kappa shape index (κ3) is 4.18. The van der Waals surface area contributed by atoms with Crippen LogP contribution in [-0.2, 0) is 16.9 Å². The molecule has 2 heterocycles. The lowest BCUT2D eigenvalue weighted by Gasteiger charge is -2.29. The second-order valence-corrected chi connectivity index (χ2v) is 8.56. The molecule has 1 aliphatic heterocycles. The van der Waals surface area contributed by atoms with Gasteiger partial charge in [0.1, 0.15) is 0 Å². The molecule has 0 spiro atoms. The van der Waals surface area contributed by atoms with Gasteiger partial charge in [-0.1, -0.05) is 0 Å². The number of hydrogen-bond acceptors (Lipinski definition) is 6. The van der Waals surface area contributed by atoms with Crippen molar-refractivity contribution in [3.05, 3.63) is 24.3 Å². The van der Waals surface area contributed by atoms with Gasteiger partial charge in [0, 0.05) is 18.7 Å². The highest BCUT2D eigenvalue weighted by atomic mass is 32.2. The molecule has 140 valence electrons. The van der Waals surface area contributed by atoms with Crippen LogP contribution in [0.15, 0.2) is 29.2 Å². The van der Waals surface area contributed by atoms with Crippen LogP contribution in [0.5, 0.6) is 0 Å². The second kappa shape index (κ2) is 7.40. The summed E-state index contributed by atoms with van der Waals surface area (Å²) in [5.74, 6) is 0.748. The van der Waals surface area contributed by atoms with Crippen LogP contribution in [0.2, 0.25) is 0 Å². The Morgan fingerprint density at radius 1 is 1.23 bits per heavy atom. The number of amides is 1. The predicted molar refractivity (Wildman–Crippen MR) is 93.2 cm³/mol. The largest absolute Gasteiger partial charge is 0.465 e. The third-order valence-corrected chi connectivity index (χ3v) is 6.42. The zero-order valence-electron chi connectivity index (χ0n) is 14.4. The van der Waals surface area contributed by atoms with Crippen LogP contribution in [0.3, 0.4) is 0 Å². The van der Waals surface area contributed by atoms with Crippen LogP contribution in [0.4, 0.5) is 4.79 Å². The van der Waals surface area contributed by atoms with Crippen LogP contribution in [0, 0.1) is 5.92 Å². The zero-order valence-corrected chi connectivity index (χ0v) is 15.3. The Kier molecular flexibility index (Phi) is 5.21. The molecule has 1 fully saturated rings. The maximum atomic E-state index is 12.5. The fraction of sp³-hybridized carbons (Fsp3) is 0.500. The summed E-state index contributed by atoms with van der Waals surface area (Å²) in [4.78, 5) is 13.9. The molecule has 2 aromatic rings. The molecule has 0 bridgehead atoms. The molecule has 9 nitrogen and oxygen atoms in total. The standard InChI is InChI=1S/C16H21N5O4S/c1-20-18-15(17-19-20)13-2-4-14(5-3-13)26(24,25)11-8-12-6-9-21(10-7-12)16(22)23/h2-5,12H,6-11H2,1H3,(H,22,23). The molecular formula is C16H21N5O4S. The number of likely N-dealkylation sites (tertiary alicyclic amines) is 1. The minimum Gasteiger partial charge on any atom is -0.465 e. The lowest BCUT2D eigenvalue weighted by molar-refractivity contribution is 0.124. The normalized spacial score (nSPS) is 16.0. The van der Waals surface area contributed by atoms with Crippen LogP contribution >= 0.6 is 0 Å². The summed E-state index contributed by atoms with van der Waals surface area (Å²) in [6.45, 7) is 0.944. The Morgan fingerprint density at radius 2 is 1.88 bits per heavy atom. The molecule has 1 aromatic heterocycles. The molecule has 1 N–H and O–H groups in total. The Balaban J connectivity index is 1.59. The van der Waals surface area contributed by atoms with Gasteiger partial charge in [-0.25, -0.2) is 13.2 Å². The van der Waals surface area contributed by atoms with Gasteiger partial charge in [0.05, 0.1) is 17.7 Å². The summed E-state index contributed by atoms with van der Waals surface area (Å²) in [6.07, 6.45) is 1.05. The van der Waals surface area contributed by atoms with Gasteiger partial charge >= 0.3 is 6.09 Å². The van der Waals surface area contributed by atoms with Crippen molar-refractivity contribution >= 4 is 15.9 Å². The van der Waals surface area contributed by atoms with E-state index >= 15 is 0 Å². The van der Waals surface area contributed by atoms with Crippen LogP contribution in [0.25, 0.3) is 11.4 Å². The lowest BCUT2D eigenvalue weighted by atomic mass is 9.95. The van der Waals surface area contributed by atoms with Gasteiger partial charge in [0.2, 0.25) is 5.82 Å². The van der Waals surface area contributed by atoms with Crippen LogP contribution < -0.4 is 0 Å². The van der Waals surface area contributed by atoms with Gasteiger partial charge < -0.3 is 10.0 Å². The average molecular weight is 379 g/mol. The number of tetrazole rings is 1. The number of hydrogen-bond donors (Lipinski definition) is 1. The second-order valence-electron chi connectivity index (χ2n) is 6.45. The van der Waals surface area contributed by atoms with Crippen molar-refractivity contribution in [2.75, 3.05) is 18.8 Å². The maximum absolute atomic E-state index is 12.5. The van der Waals surface area contributed by atoms with Crippen molar-refractivity contribution in [2.24, 2.45) is 13.0 Å². The van der Waals surface area contributed by atoms with E-state index in [4.69, 9.17) is 5.11 Å². The predicted octanol–water partition coefficient (Wildman–Crippen LogP) is 1.43. The highest BCUT2D eigenvalue weighted by molar-refractivity contribution is 7.91. The summed E-state index contributed by atoms with van der Waals surface area (Å²) in [7, 11) is -1.71. The molecule has 1 saturated heterocycles. The van der Waals surface area contributed by atoms with Gasteiger partial charge in [0.25, 0.3) is 0 Å². The van der Waals surface area contributed by atoms with E-state index in [0.29, 0.717) is 43.7 Å². The molecular weight excluding hydrogens is 358 g/mol. The highest BCUT2D eigenvalue weighted by Gasteiger charge is 2.24. The summed E-state index contributed by atoms with van der Waals surface area (Å²) in [5, 5.41) is 20.7. The molecule has 0 atom stereocenters. The van der Waals surface area contributed by atoms with Crippen molar-refractivity contribution in [3.8, 4) is 11.4 Å². The third-order valence-electron chi connectivity index (χ3n) is 4.66. The molecule has 1 aliphatic rings. The summed E-state index contributed by atoms with van der Waals surface area (Å²) < 4.78 is 25.1. The first-order valence-corrected chi connectivity index (χ1v) is 10.1. The molecule has 1 aromatic carbocycles. The number of carbonyl (C=O) groups is 1. The first kappa shape index (κ1) is 18.3. The number of benzene rings is 1. The quantitative estimate of drug-likeness (QED) is 0.835. The smallest absolute Gasteiger partial charge is 0.407 e. The highest BCUT2D eigenvalue weighted by Crippen LogP contribution is 2.24. The Morgan fingerprint density at radius 3 is 2.42 bits per heavy atom. The molecule has 3 rings (SSSR count). The van der Waals surface area contributed by atoms with E-state index in [1.807, 2.05) is 0 Å². The average Bonchev–Trinajstić information content (AvgIpc) is 3.07. The van der Waals surface area contributed by atoms with Gasteiger partial charge in [-0.05, 0) is 54.7 Å². The molecule has 26 heavy (non-hydrogen) atoms.